The van der Waals surface area contributed by atoms with Crippen molar-refractivity contribution < 1.29 is 19.7 Å². The van der Waals surface area contributed by atoms with Gasteiger partial charge in [0.2, 0.25) is 0 Å². The summed E-state index contributed by atoms with van der Waals surface area (Å²) in [6.45, 7) is 6.68. The number of hydrogen-bond donors (Lipinski definition) is 4. The van der Waals surface area contributed by atoms with Crippen molar-refractivity contribution >= 4 is 11.6 Å². The first-order chi connectivity index (χ1) is 16.1. The number of aliphatic hydroxyl groups excluding tert-OH is 2. The molecule has 2 aliphatic heterocycles. The third-order valence-electron chi connectivity index (χ3n) is 5.37. The van der Waals surface area contributed by atoms with E-state index in [2.05, 4.69) is 15.2 Å². The number of nitrogens with zero attached hydrogens (tertiary/aromatic N) is 3. The summed E-state index contributed by atoms with van der Waals surface area (Å²) >= 11 is 0. The molecule has 1 atom stereocenters. The Morgan fingerprint density at radius 1 is 1.15 bits per heavy atom. The summed E-state index contributed by atoms with van der Waals surface area (Å²) in [5.74, 6) is 2.69. The fraction of sp³-hybridized carbons (Fsp3) is 0.583. The average Bonchev–Trinajstić information content (AvgIpc) is 3.58. The van der Waals surface area contributed by atoms with Crippen molar-refractivity contribution in [2.24, 2.45) is 0 Å². The minimum atomic E-state index is -0.559. The molecule has 5 N–H and O–H groups in total. The van der Waals surface area contributed by atoms with Gasteiger partial charge in [0.05, 0.1) is 0 Å². The highest BCUT2D eigenvalue weighted by Crippen LogP contribution is 2.29. The topological polar surface area (TPSA) is 126 Å². The molecule has 2 aliphatic rings. The fourth-order valence-corrected chi connectivity index (χ4v) is 3.61. The van der Waals surface area contributed by atoms with Gasteiger partial charge in [-0.3, -0.25) is 0 Å². The largest absolute Gasteiger partial charge is 0.491 e. The number of aliphatic hydroxyl groups is 2. The molecule has 1 aromatic carbocycles. The van der Waals surface area contributed by atoms with Crippen LogP contribution in [0.1, 0.15) is 31.2 Å². The molecule has 0 radical (unpaired) electrons. The van der Waals surface area contributed by atoms with Crippen LogP contribution in [0, 0.1) is 6.92 Å². The zero-order valence-electron chi connectivity index (χ0n) is 20.1. The molecule has 184 valence electrons. The number of rotatable bonds is 7. The van der Waals surface area contributed by atoms with Crippen LogP contribution in [0.15, 0.2) is 24.3 Å². The summed E-state index contributed by atoms with van der Waals surface area (Å²) in [5.41, 5.74) is 7.92. The fourth-order valence-electron chi connectivity index (χ4n) is 3.61. The Balaban J connectivity index is 0.000000477. The lowest BCUT2D eigenvalue weighted by atomic mass is 10.2. The standard InChI is InChI=1S/C19H27N5O2.C4H8O.CH4O/c1-13-17(20)22-18(23-19(13)24-8-3-4-9-24)14-6-5-7-16(10-14)26-12-15(25)11-21-2;1-2-4-5-3-1;1-2/h5-7,10,15,21,25H,3-4,8-9,11-12H2,1-2H3,(H2,20,22,23);1-4H2;2H,1H3. The molecule has 0 spiro atoms. The zero-order chi connectivity index (χ0) is 24.1. The average molecular weight is 462 g/mol. The molecule has 0 bridgehead atoms. The first-order valence-electron chi connectivity index (χ1n) is 11.6. The predicted molar refractivity (Wildman–Crippen MR) is 132 cm³/mol. The second-order valence-corrected chi connectivity index (χ2v) is 7.95. The van der Waals surface area contributed by atoms with Gasteiger partial charge < -0.3 is 35.6 Å². The summed E-state index contributed by atoms with van der Waals surface area (Å²) in [6, 6.07) is 7.57. The first kappa shape index (κ1) is 26.8. The Labute approximate surface area is 197 Å². The number of aromatic nitrogens is 2. The van der Waals surface area contributed by atoms with Gasteiger partial charge in [0, 0.05) is 51.1 Å². The number of anilines is 2. The number of likely N-dealkylation sites (N-methyl/N-ethyl adjacent to an activating group) is 1. The van der Waals surface area contributed by atoms with Gasteiger partial charge in [-0.15, -0.1) is 0 Å². The van der Waals surface area contributed by atoms with Crippen LogP contribution >= 0.6 is 0 Å². The van der Waals surface area contributed by atoms with Crippen molar-refractivity contribution in [2.75, 3.05) is 64.2 Å². The Bertz CT molecular complexity index is 819. The molecule has 4 rings (SSSR count). The summed E-state index contributed by atoms with van der Waals surface area (Å²) < 4.78 is 10.6. The van der Waals surface area contributed by atoms with E-state index >= 15 is 0 Å². The Morgan fingerprint density at radius 2 is 1.85 bits per heavy atom. The molecule has 0 saturated carbocycles. The SMILES string of the molecule is C1CCOC1.CNCC(O)COc1cccc(-c2nc(N)c(C)c(N3CCCC3)n2)c1.CO. The Morgan fingerprint density at radius 3 is 2.45 bits per heavy atom. The lowest BCUT2D eigenvalue weighted by Gasteiger charge is -2.20. The maximum Gasteiger partial charge on any atom is 0.164 e. The zero-order valence-corrected chi connectivity index (χ0v) is 20.1. The molecule has 2 fully saturated rings. The van der Waals surface area contributed by atoms with Crippen LogP contribution in [-0.4, -0.2) is 79.9 Å². The maximum atomic E-state index is 9.79. The molecule has 1 unspecified atom stereocenters. The maximum absolute atomic E-state index is 9.79. The van der Waals surface area contributed by atoms with E-state index in [-0.39, 0.29) is 6.61 Å². The lowest BCUT2D eigenvalue weighted by molar-refractivity contribution is 0.108. The predicted octanol–water partition coefficient (Wildman–Crippen LogP) is 2.00. The van der Waals surface area contributed by atoms with Crippen LogP contribution in [0.3, 0.4) is 0 Å². The smallest absolute Gasteiger partial charge is 0.164 e. The molecule has 2 saturated heterocycles. The second-order valence-electron chi connectivity index (χ2n) is 7.95. The van der Waals surface area contributed by atoms with Gasteiger partial charge in [-0.25, -0.2) is 9.97 Å². The molecule has 1 aromatic heterocycles. The molecular formula is C24H39N5O4. The van der Waals surface area contributed by atoms with Gasteiger partial charge in [0.15, 0.2) is 5.82 Å². The van der Waals surface area contributed by atoms with Crippen molar-refractivity contribution in [1.82, 2.24) is 15.3 Å². The van der Waals surface area contributed by atoms with Gasteiger partial charge in [-0.1, -0.05) is 12.1 Å². The molecule has 0 aliphatic carbocycles. The van der Waals surface area contributed by atoms with Crippen LogP contribution < -0.4 is 20.7 Å². The molecule has 0 amide bonds. The van der Waals surface area contributed by atoms with Gasteiger partial charge >= 0.3 is 0 Å². The number of nitrogens with two attached hydrogens (primary N) is 1. The van der Waals surface area contributed by atoms with Crippen LogP contribution in [0.4, 0.5) is 11.6 Å². The molecule has 2 aromatic rings. The van der Waals surface area contributed by atoms with E-state index in [0.717, 1.165) is 50.4 Å². The number of nitrogens with one attached hydrogen (secondary N) is 1. The van der Waals surface area contributed by atoms with Crippen molar-refractivity contribution in [3.63, 3.8) is 0 Å². The van der Waals surface area contributed by atoms with Gasteiger partial charge in [0.1, 0.15) is 30.1 Å². The van der Waals surface area contributed by atoms with E-state index in [1.165, 1.54) is 25.7 Å². The molecule has 3 heterocycles. The highest BCUT2D eigenvalue weighted by Gasteiger charge is 2.19. The summed E-state index contributed by atoms with van der Waals surface area (Å²) in [5, 5.41) is 19.7. The van der Waals surface area contributed by atoms with E-state index in [0.29, 0.717) is 23.9 Å². The van der Waals surface area contributed by atoms with Crippen molar-refractivity contribution in [1.29, 1.82) is 0 Å². The molecule has 9 heteroatoms. The van der Waals surface area contributed by atoms with E-state index in [9.17, 15) is 5.11 Å². The van der Waals surface area contributed by atoms with Crippen molar-refractivity contribution in [2.45, 2.75) is 38.7 Å². The van der Waals surface area contributed by atoms with Crippen LogP contribution in [-0.2, 0) is 4.74 Å². The number of hydrogen-bond acceptors (Lipinski definition) is 9. The normalized spacial score (nSPS) is 15.8. The van der Waals surface area contributed by atoms with Crippen LogP contribution in [0.2, 0.25) is 0 Å². The molecular weight excluding hydrogens is 422 g/mol. The summed E-state index contributed by atoms with van der Waals surface area (Å²) in [7, 11) is 2.79. The van der Waals surface area contributed by atoms with E-state index in [1.807, 2.05) is 31.2 Å². The third-order valence-corrected chi connectivity index (χ3v) is 5.37. The van der Waals surface area contributed by atoms with Gasteiger partial charge in [-0.2, -0.15) is 0 Å². The number of ether oxygens (including phenoxy) is 2. The summed E-state index contributed by atoms with van der Waals surface area (Å²) in [6.07, 6.45) is 4.35. The highest BCUT2D eigenvalue weighted by molar-refractivity contribution is 5.66. The second kappa shape index (κ2) is 14.6. The number of nitrogen functional groups attached to an aromatic ring is 1. The Kier molecular flexibility index (Phi) is 11.9. The van der Waals surface area contributed by atoms with Crippen LogP contribution in [0.5, 0.6) is 5.75 Å². The molecule has 33 heavy (non-hydrogen) atoms. The first-order valence-corrected chi connectivity index (χ1v) is 11.6. The summed E-state index contributed by atoms with van der Waals surface area (Å²) in [4.78, 5) is 11.5. The van der Waals surface area contributed by atoms with Crippen LogP contribution in [0.25, 0.3) is 11.4 Å². The minimum absolute atomic E-state index is 0.222. The monoisotopic (exact) mass is 461 g/mol. The number of benzene rings is 1. The third kappa shape index (κ3) is 8.43. The Hall–Kier alpha value is -2.46. The van der Waals surface area contributed by atoms with Gasteiger partial charge in [-0.05, 0) is 51.8 Å². The highest BCUT2D eigenvalue weighted by atomic mass is 16.5. The minimum Gasteiger partial charge on any atom is -0.491 e. The van der Waals surface area contributed by atoms with E-state index in [1.54, 1.807) is 7.05 Å². The van der Waals surface area contributed by atoms with E-state index in [4.69, 9.17) is 25.3 Å². The van der Waals surface area contributed by atoms with Gasteiger partial charge in [0.25, 0.3) is 0 Å². The lowest BCUT2D eigenvalue weighted by Crippen LogP contribution is -2.29. The van der Waals surface area contributed by atoms with Crippen molar-refractivity contribution in [3.8, 4) is 17.1 Å². The molecule has 9 nitrogen and oxygen atoms in total. The van der Waals surface area contributed by atoms with Crippen molar-refractivity contribution in [3.05, 3.63) is 29.8 Å². The quantitative estimate of drug-likeness (QED) is 0.490. The van der Waals surface area contributed by atoms with E-state index < -0.39 is 6.10 Å².